The summed E-state index contributed by atoms with van der Waals surface area (Å²) in [5, 5.41) is 12.9. The van der Waals surface area contributed by atoms with Gasteiger partial charge in [0.05, 0.1) is 5.92 Å². The van der Waals surface area contributed by atoms with Crippen LogP contribution in [0.1, 0.15) is 45.4 Å². The van der Waals surface area contributed by atoms with Crippen molar-refractivity contribution in [3.8, 4) is 0 Å². The summed E-state index contributed by atoms with van der Waals surface area (Å²) in [5.74, 6) is -0.361. The number of carboxylic acid groups (broad SMARTS) is 1. The van der Waals surface area contributed by atoms with Crippen LogP contribution in [0.5, 0.6) is 0 Å². The number of hydrogen-bond donors (Lipinski definition) is 2. The lowest BCUT2D eigenvalue weighted by atomic mass is 9.79. The maximum Gasteiger partial charge on any atom is 0.306 e. The average Bonchev–Trinajstić information content (AvgIpc) is 2.46. The molecule has 110 valence electrons. The molecule has 0 radical (unpaired) electrons. The van der Waals surface area contributed by atoms with Crippen molar-refractivity contribution in [2.24, 2.45) is 11.8 Å². The van der Waals surface area contributed by atoms with Gasteiger partial charge >= 0.3 is 5.97 Å². The molecule has 0 aromatic heterocycles. The van der Waals surface area contributed by atoms with Crippen LogP contribution in [0.25, 0.3) is 0 Å². The molecule has 0 aromatic carbocycles. The van der Waals surface area contributed by atoms with Crippen LogP contribution in [-0.2, 0) is 4.79 Å². The number of aliphatic carboxylic acids is 1. The largest absolute Gasteiger partial charge is 0.481 e. The van der Waals surface area contributed by atoms with E-state index in [1.165, 1.54) is 32.4 Å². The number of piperidine rings is 1. The fraction of sp³-hybridized carbons (Fsp3) is 0.933. The third-order valence-corrected chi connectivity index (χ3v) is 4.93. The van der Waals surface area contributed by atoms with Crippen LogP contribution < -0.4 is 5.32 Å². The van der Waals surface area contributed by atoms with Gasteiger partial charge in [0.2, 0.25) is 0 Å². The van der Waals surface area contributed by atoms with Gasteiger partial charge in [-0.1, -0.05) is 19.8 Å². The van der Waals surface area contributed by atoms with Crippen LogP contribution in [0.15, 0.2) is 0 Å². The second-order valence-electron chi connectivity index (χ2n) is 6.11. The van der Waals surface area contributed by atoms with Gasteiger partial charge in [-0.15, -0.1) is 0 Å². The molecule has 0 amide bonds. The Labute approximate surface area is 116 Å². The first-order valence-corrected chi connectivity index (χ1v) is 7.89. The van der Waals surface area contributed by atoms with Crippen LogP contribution >= 0.6 is 0 Å². The maximum absolute atomic E-state index is 11.3. The maximum atomic E-state index is 11.3. The highest BCUT2D eigenvalue weighted by Gasteiger charge is 2.31. The van der Waals surface area contributed by atoms with Crippen molar-refractivity contribution >= 4 is 5.97 Å². The van der Waals surface area contributed by atoms with Crippen LogP contribution in [-0.4, -0.2) is 48.2 Å². The van der Waals surface area contributed by atoms with Gasteiger partial charge in [-0.05, 0) is 57.8 Å². The monoisotopic (exact) mass is 268 g/mol. The Bertz CT molecular complexity index is 288. The lowest BCUT2D eigenvalue weighted by Gasteiger charge is -2.34. The molecule has 0 bridgehead atoms. The molecule has 1 saturated heterocycles. The van der Waals surface area contributed by atoms with Crippen LogP contribution in [0.3, 0.4) is 0 Å². The van der Waals surface area contributed by atoms with Crippen molar-refractivity contribution in [2.45, 2.75) is 51.5 Å². The van der Waals surface area contributed by atoms with E-state index in [9.17, 15) is 9.90 Å². The van der Waals surface area contributed by atoms with Crippen LogP contribution in [0.2, 0.25) is 0 Å². The second-order valence-corrected chi connectivity index (χ2v) is 6.11. The van der Waals surface area contributed by atoms with Crippen LogP contribution in [0.4, 0.5) is 0 Å². The summed E-state index contributed by atoms with van der Waals surface area (Å²) < 4.78 is 0. The van der Waals surface area contributed by atoms with E-state index in [2.05, 4.69) is 17.1 Å². The Hall–Kier alpha value is -0.610. The van der Waals surface area contributed by atoms with Gasteiger partial charge < -0.3 is 15.3 Å². The highest BCUT2D eigenvalue weighted by molar-refractivity contribution is 5.70. The molecule has 2 atom stereocenters. The molecule has 4 nitrogen and oxygen atoms in total. The fourth-order valence-electron chi connectivity index (χ4n) is 3.55. The smallest absolute Gasteiger partial charge is 0.306 e. The zero-order valence-corrected chi connectivity index (χ0v) is 12.1. The summed E-state index contributed by atoms with van der Waals surface area (Å²) in [4.78, 5) is 13.7. The molecule has 2 aliphatic rings. The number of nitrogens with zero attached hydrogens (tertiary/aromatic N) is 1. The predicted molar refractivity (Wildman–Crippen MR) is 76.2 cm³/mol. The first-order valence-electron chi connectivity index (χ1n) is 7.89. The topological polar surface area (TPSA) is 52.6 Å². The lowest BCUT2D eigenvalue weighted by Crippen LogP contribution is -2.45. The summed E-state index contributed by atoms with van der Waals surface area (Å²) >= 11 is 0. The molecule has 2 fully saturated rings. The minimum absolute atomic E-state index is 0.114. The van der Waals surface area contributed by atoms with Gasteiger partial charge in [-0.25, -0.2) is 0 Å². The van der Waals surface area contributed by atoms with E-state index in [1.807, 2.05) is 0 Å². The van der Waals surface area contributed by atoms with E-state index in [4.69, 9.17) is 0 Å². The zero-order chi connectivity index (χ0) is 13.7. The number of carbonyl (C=O) groups is 1. The minimum atomic E-state index is -0.590. The first-order chi connectivity index (χ1) is 9.20. The van der Waals surface area contributed by atoms with E-state index in [1.54, 1.807) is 0 Å². The molecule has 1 aliphatic carbocycles. The molecule has 0 spiro atoms. The Morgan fingerprint density at radius 2 is 1.89 bits per heavy atom. The fourth-order valence-corrected chi connectivity index (χ4v) is 3.55. The molecular weight excluding hydrogens is 240 g/mol. The standard InChI is InChI=1S/C15H28N2O2/c1-2-17-9-7-13(8-10-17)16-11-12-5-3-4-6-14(12)15(18)19/h12-14,16H,2-11H2,1H3,(H,18,19). The Balaban J connectivity index is 1.73. The normalized spacial score (nSPS) is 30.4. The molecule has 0 aromatic rings. The van der Waals surface area contributed by atoms with E-state index in [0.717, 1.165) is 32.4 Å². The predicted octanol–water partition coefficient (Wildman–Crippen LogP) is 1.95. The van der Waals surface area contributed by atoms with Crippen molar-refractivity contribution < 1.29 is 9.90 Å². The van der Waals surface area contributed by atoms with Gasteiger partial charge in [0, 0.05) is 6.04 Å². The number of hydrogen-bond acceptors (Lipinski definition) is 3. The molecule has 1 saturated carbocycles. The van der Waals surface area contributed by atoms with Gasteiger partial charge in [0.15, 0.2) is 0 Å². The minimum Gasteiger partial charge on any atom is -0.481 e. The average molecular weight is 268 g/mol. The van der Waals surface area contributed by atoms with E-state index in [0.29, 0.717) is 12.0 Å². The summed E-state index contributed by atoms with van der Waals surface area (Å²) in [6, 6.07) is 0.596. The van der Waals surface area contributed by atoms with E-state index in [-0.39, 0.29) is 5.92 Å². The van der Waals surface area contributed by atoms with Crippen molar-refractivity contribution in [1.29, 1.82) is 0 Å². The number of rotatable bonds is 5. The molecule has 2 N–H and O–H groups in total. The number of likely N-dealkylation sites (tertiary alicyclic amines) is 1. The molecule has 4 heteroatoms. The van der Waals surface area contributed by atoms with Crippen molar-refractivity contribution in [1.82, 2.24) is 10.2 Å². The van der Waals surface area contributed by atoms with Crippen molar-refractivity contribution in [3.05, 3.63) is 0 Å². The highest BCUT2D eigenvalue weighted by Crippen LogP contribution is 2.30. The highest BCUT2D eigenvalue weighted by atomic mass is 16.4. The van der Waals surface area contributed by atoms with E-state index >= 15 is 0 Å². The molecule has 2 unspecified atom stereocenters. The molecule has 1 aliphatic heterocycles. The van der Waals surface area contributed by atoms with E-state index < -0.39 is 5.97 Å². The van der Waals surface area contributed by atoms with Gasteiger partial charge in [-0.2, -0.15) is 0 Å². The zero-order valence-electron chi connectivity index (χ0n) is 12.1. The third-order valence-electron chi connectivity index (χ3n) is 4.93. The quantitative estimate of drug-likeness (QED) is 0.800. The Morgan fingerprint density at radius 1 is 1.21 bits per heavy atom. The van der Waals surface area contributed by atoms with Gasteiger partial charge in [0.25, 0.3) is 0 Å². The molecular formula is C15H28N2O2. The van der Waals surface area contributed by atoms with Gasteiger partial charge in [0.1, 0.15) is 0 Å². The summed E-state index contributed by atoms with van der Waals surface area (Å²) in [6.45, 7) is 6.62. The number of carboxylic acids is 1. The van der Waals surface area contributed by atoms with Gasteiger partial charge in [-0.3, -0.25) is 4.79 Å². The Morgan fingerprint density at radius 3 is 2.53 bits per heavy atom. The van der Waals surface area contributed by atoms with Crippen molar-refractivity contribution in [3.63, 3.8) is 0 Å². The molecule has 1 heterocycles. The SMILES string of the molecule is CCN1CCC(NCC2CCCCC2C(=O)O)CC1. The summed E-state index contributed by atoms with van der Waals surface area (Å²) in [6.07, 6.45) is 6.65. The van der Waals surface area contributed by atoms with Crippen LogP contribution in [0, 0.1) is 11.8 Å². The van der Waals surface area contributed by atoms with Crippen molar-refractivity contribution in [2.75, 3.05) is 26.2 Å². The second kappa shape index (κ2) is 7.25. The Kier molecular flexibility index (Phi) is 5.64. The molecule has 2 rings (SSSR count). The summed E-state index contributed by atoms with van der Waals surface area (Å²) in [7, 11) is 0. The number of nitrogens with one attached hydrogen (secondary N) is 1. The first kappa shape index (κ1) is 14.8. The lowest BCUT2D eigenvalue weighted by molar-refractivity contribution is -0.144. The molecule has 19 heavy (non-hydrogen) atoms. The summed E-state index contributed by atoms with van der Waals surface area (Å²) in [5.41, 5.74) is 0. The third kappa shape index (κ3) is 4.18.